The van der Waals surface area contributed by atoms with Crippen LogP contribution in [0.5, 0.6) is 0 Å². The molecule has 0 radical (unpaired) electrons. The Morgan fingerprint density at radius 1 is 1.43 bits per heavy atom. The van der Waals surface area contributed by atoms with Gasteiger partial charge in [-0.25, -0.2) is 9.07 Å². The summed E-state index contributed by atoms with van der Waals surface area (Å²) in [5.74, 6) is -0.709. The fraction of sp³-hybridized carbons (Fsp3) is 0.412. The van der Waals surface area contributed by atoms with E-state index in [9.17, 15) is 9.18 Å². The summed E-state index contributed by atoms with van der Waals surface area (Å²) >= 11 is 0. The van der Waals surface area contributed by atoms with E-state index in [1.807, 2.05) is 0 Å². The molecule has 0 bridgehead atoms. The SMILES string of the molecule is CC(OC1CCCC1)C(=O)Nc1ccc(-n2cccn2)c(F)c1. The van der Waals surface area contributed by atoms with Gasteiger partial charge in [-0.1, -0.05) is 12.8 Å². The molecule has 1 saturated carbocycles. The third-order valence-electron chi connectivity index (χ3n) is 4.03. The van der Waals surface area contributed by atoms with Gasteiger partial charge in [0.15, 0.2) is 5.82 Å². The summed E-state index contributed by atoms with van der Waals surface area (Å²) < 4.78 is 21.3. The maximum Gasteiger partial charge on any atom is 0.253 e. The van der Waals surface area contributed by atoms with Crippen LogP contribution in [0.15, 0.2) is 36.7 Å². The zero-order valence-corrected chi connectivity index (χ0v) is 13.0. The first-order valence-electron chi connectivity index (χ1n) is 7.89. The van der Waals surface area contributed by atoms with E-state index >= 15 is 0 Å². The smallest absolute Gasteiger partial charge is 0.253 e. The molecule has 5 nitrogen and oxygen atoms in total. The molecule has 1 unspecified atom stereocenters. The van der Waals surface area contributed by atoms with Crippen molar-refractivity contribution in [1.29, 1.82) is 0 Å². The van der Waals surface area contributed by atoms with E-state index in [2.05, 4.69) is 10.4 Å². The Kier molecular flexibility index (Phi) is 4.71. The summed E-state index contributed by atoms with van der Waals surface area (Å²) in [4.78, 5) is 12.1. The number of carbonyl (C=O) groups is 1. The Balaban J connectivity index is 1.63. The highest BCUT2D eigenvalue weighted by Gasteiger charge is 2.22. The van der Waals surface area contributed by atoms with Crippen molar-refractivity contribution < 1.29 is 13.9 Å². The highest BCUT2D eigenvalue weighted by molar-refractivity contribution is 5.94. The molecular formula is C17H20FN3O2. The minimum atomic E-state index is -0.549. The average Bonchev–Trinajstić information content (AvgIpc) is 3.20. The van der Waals surface area contributed by atoms with Crippen LogP contribution in [0.3, 0.4) is 0 Å². The number of halogens is 1. The van der Waals surface area contributed by atoms with Crippen LogP contribution in [0, 0.1) is 5.82 Å². The summed E-state index contributed by atoms with van der Waals surface area (Å²) in [7, 11) is 0. The molecule has 2 aromatic rings. The molecule has 122 valence electrons. The number of amides is 1. The Labute approximate surface area is 134 Å². The maximum absolute atomic E-state index is 14.1. The van der Waals surface area contributed by atoms with Crippen molar-refractivity contribution in [1.82, 2.24) is 9.78 Å². The topological polar surface area (TPSA) is 56.1 Å². The molecule has 3 rings (SSSR count). The van der Waals surface area contributed by atoms with E-state index in [1.165, 1.54) is 10.7 Å². The summed E-state index contributed by atoms with van der Waals surface area (Å²) in [5, 5.41) is 6.69. The van der Waals surface area contributed by atoms with Gasteiger partial charge in [0.1, 0.15) is 11.8 Å². The number of carbonyl (C=O) groups excluding carboxylic acids is 1. The molecule has 1 amide bonds. The van der Waals surface area contributed by atoms with Crippen molar-refractivity contribution in [2.45, 2.75) is 44.8 Å². The molecule has 0 spiro atoms. The van der Waals surface area contributed by atoms with Crippen LogP contribution >= 0.6 is 0 Å². The van der Waals surface area contributed by atoms with Crippen LogP contribution < -0.4 is 5.32 Å². The number of hydrogen-bond donors (Lipinski definition) is 1. The quantitative estimate of drug-likeness (QED) is 0.920. The van der Waals surface area contributed by atoms with Crippen molar-refractivity contribution in [2.24, 2.45) is 0 Å². The monoisotopic (exact) mass is 317 g/mol. The van der Waals surface area contributed by atoms with Crippen LogP contribution in [0.2, 0.25) is 0 Å². The first-order valence-corrected chi connectivity index (χ1v) is 7.89. The molecule has 1 aliphatic carbocycles. The molecule has 0 aliphatic heterocycles. The zero-order chi connectivity index (χ0) is 16.2. The number of nitrogens with zero attached hydrogens (tertiary/aromatic N) is 2. The van der Waals surface area contributed by atoms with Gasteiger partial charge in [-0.2, -0.15) is 5.10 Å². The summed E-state index contributed by atoms with van der Waals surface area (Å²) in [6.45, 7) is 1.72. The van der Waals surface area contributed by atoms with E-state index in [0.29, 0.717) is 11.4 Å². The van der Waals surface area contributed by atoms with Crippen LogP contribution in [0.4, 0.5) is 10.1 Å². The largest absolute Gasteiger partial charge is 0.365 e. The van der Waals surface area contributed by atoms with Gasteiger partial charge < -0.3 is 10.1 Å². The van der Waals surface area contributed by atoms with Crippen molar-refractivity contribution in [3.8, 4) is 5.69 Å². The molecule has 1 aromatic carbocycles. The highest BCUT2D eigenvalue weighted by Crippen LogP contribution is 2.23. The van der Waals surface area contributed by atoms with Crippen LogP contribution in [0.25, 0.3) is 5.69 Å². The number of nitrogens with one attached hydrogen (secondary N) is 1. The molecule has 1 fully saturated rings. The molecular weight excluding hydrogens is 297 g/mol. The lowest BCUT2D eigenvalue weighted by atomic mass is 10.2. The second kappa shape index (κ2) is 6.91. The summed E-state index contributed by atoms with van der Waals surface area (Å²) in [6.07, 6.45) is 7.17. The standard InChI is InChI=1S/C17H20FN3O2/c1-12(23-14-5-2-3-6-14)17(22)20-13-7-8-16(15(18)11-13)21-10-4-9-19-21/h4,7-12,14H,2-3,5-6H2,1H3,(H,20,22). The molecule has 0 saturated heterocycles. The predicted octanol–water partition coefficient (Wildman–Crippen LogP) is 3.30. The van der Waals surface area contributed by atoms with Gasteiger partial charge in [-0.15, -0.1) is 0 Å². The number of anilines is 1. The molecule has 1 atom stereocenters. The fourth-order valence-corrected chi connectivity index (χ4v) is 2.80. The minimum Gasteiger partial charge on any atom is -0.365 e. The number of rotatable bonds is 5. The lowest BCUT2D eigenvalue weighted by Crippen LogP contribution is -2.30. The van der Waals surface area contributed by atoms with Crippen molar-refractivity contribution >= 4 is 11.6 Å². The molecule has 23 heavy (non-hydrogen) atoms. The Morgan fingerprint density at radius 3 is 2.87 bits per heavy atom. The minimum absolute atomic E-state index is 0.162. The number of aromatic nitrogens is 2. The van der Waals surface area contributed by atoms with Gasteiger partial charge >= 0.3 is 0 Å². The van der Waals surface area contributed by atoms with Gasteiger partial charge in [-0.05, 0) is 44.0 Å². The van der Waals surface area contributed by atoms with Crippen molar-refractivity contribution in [2.75, 3.05) is 5.32 Å². The lowest BCUT2D eigenvalue weighted by molar-refractivity contribution is -0.129. The van der Waals surface area contributed by atoms with Crippen LogP contribution in [-0.2, 0) is 9.53 Å². The normalized spacial score (nSPS) is 16.4. The van der Waals surface area contributed by atoms with Crippen molar-refractivity contribution in [3.63, 3.8) is 0 Å². The van der Waals surface area contributed by atoms with Gasteiger partial charge in [0.2, 0.25) is 0 Å². The van der Waals surface area contributed by atoms with E-state index < -0.39 is 11.9 Å². The van der Waals surface area contributed by atoms with Crippen LogP contribution in [0.1, 0.15) is 32.6 Å². The Hall–Kier alpha value is -2.21. The van der Waals surface area contributed by atoms with Gasteiger partial charge in [0.25, 0.3) is 5.91 Å². The molecule has 1 aliphatic rings. The number of benzene rings is 1. The molecule has 1 heterocycles. The average molecular weight is 317 g/mol. The van der Waals surface area contributed by atoms with E-state index in [0.717, 1.165) is 25.7 Å². The Morgan fingerprint density at radius 2 is 2.22 bits per heavy atom. The summed E-state index contributed by atoms with van der Waals surface area (Å²) in [5.41, 5.74) is 0.744. The predicted molar refractivity (Wildman–Crippen MR) is 85.0 cm³/mol. The first kappa shape index (κ1) is 15.7. The third kappa shape index (κ3) is 3.76. The van der Waals surface area contributed by atoms with E-state index in [-0.39, 0.29) is 12.0 Å². The highest BCUT2D eigenvalue weighted by atomic mass is 19.1. The maximum atomic E-state index is 14.1. The number of ether oxygens (including phenoxy) is 1. The lowest BCUT2D eigenvalue weighted by Gasteiger charge is -2.18. The second-order valence-electron chi connectivity index (χ2n) is 5.79. The van der Waals surface area contributed by atoms with Crippen LogP contribution in [-0.4, -0.2) is 27.9 Å². The third-order valence-corrected chi connectivity index (χ3v) is 4.03. The molecule has 1 aromatic heterocycles. The fourth-order valence-electron chi connectivity index (χ4n) is 2.80. The summed E-state index contributed by atoms with van der Waals surface area (Å²) in [6, 6.07) is 6.25. The van der Waals surface area contributed by atoms with E-state index in [1.54, 1.807) is 37.5 Å². The van der Waals surface area contributed by atoms with Crippen molar-refractivity contribution in [3.05, 3.63) is 42.5 Å². The zero-order valence-electron chi connectivity index (χ0n) is 13.0. The van der Waals surface area contributed by atoms with Gasteiger partial charge in [0, 0.05) is 18.1 Å². The first-order chi connectivity index (χ1) is 11.1. The molecule has 1 N–H and O–H groups in total. The molecule has 6 heteroatoms. The Bertz CT molecular complexity index is 666. The van der Waals surface area contributed by atoms with Gasteiger partial charge in [0.05, 0.1) is 6.10 Å². The van der Waals surface area contributed by atoms with Gasteiger partial charge in [-0.3, -0.25) is 4.79 Å². The second-order valence-corrected chi connectivity index (χ2v) is 5.79. The van der Waals surface area contributed by atoms with E-state index in [4.69, 9.17) is 4.74 Å². The number of hydrogen-bond acceptors (Lipinski definition) is 3.